The highest BCUT2D eigenvalue weighted by molar-refractivity contribution is 5.95. The number of pyridine rings is 1. The molecule has 176 valence electrons. The predicted molar refractivity (Wildman–Crippen MR) is 131 cm³/mol. The van der Waals surface area contributed by atoms with Crippen LogP contribution in [0, 0.1) is 13.8 Å². The van der Waals surface area contributed by atoms with Crippen LogP contribution in [0.15, 0.2) is 67.5 Å². The van der Waals surface area contributed by atoms with Gasteiger partial charge in [0.2, 0.25) is 5.88 Å². The lowest BCUT2D eigenvalue weighted by molar-refractivity contribution is 0.0598. The van der Waals surface area contributed by atoms with Gasteiger partial charge < -0.3 is 9.64 Å². The summed E-state index contributed by atoms with van der Waals surface area (Å²) < 4.78 is 6.01. The molecule has 5 rings (SSSR count). The molecular weight excluding hydrogens is 440 g/mol. The molecule has 1 fully saturated rings. The van der Waals surface area contributed by atoms with E-state index in [1.807, 2.05) is 55.1 Å². The van der Waals surface area contributed by atoms with Gasteiger partial charge in [-0.1, -0.05) is 17.7 Å². The lowest BCUT2D eigenvalue weighted by Gasteiger charge is -2.35. The van der Waals surface area contributed by atoms with Gasteiger partial charge in [0.1, 0.15) is 12.1 Å². The Labute approximate surface area is 204 Å². The maximum atomic E-state index is 13.6. The molecule has 0 bridgehead atoms. The summed E-state index contributed by atoms with van der Waals surface area (Å²) in [5.41, 5.74) is 4.08. The molecule has 1 amide bonds. The molecular formula is C27H26N6O2. The normalized spacial score (nSPS) is 15.6. The molecule has 0 unspecified atom stereocenters. The highest BCUT2D eigenvalue weighted by Gasteiger charge is 2.31. The second kappa shape index (κ2) is 9.97. The van der Waals surface area contributed by atoms with Gasteiger partial charge in [-0.25, -0.2) is 15.0 Å². The molecule has 0 aliphatic carbocycles. The number of ether oxygens (including phenoxy) is 1. The minimum Gasteiger partial charge on any atom is -0.439 e. The average Bonchev–Trinajstić information content (AvgIpc) is 2.90. The number of amides is 1. The number of aryl methyl sites for hydroxylation is 2. The molecule has 4 heterocycles. The van der Waals surface area contributed by atoms with E-state index in [1.165, 1.54) is 6.33 Å². The van der Waals surface area contributed by atoms with Crippen LogP contribution in [0.1, 0.15) is 52.7 Å². The summed E-state index contributed by atoms with van der Waals surface area (Å²) in [5, 5.41) is 0. The molecule has 8 heteroatoms. The first-order chi connectivity index (χ1) is 17.1. The fourth-order valence-corrected chi connectivity index (χ4v) is 4.26. The molecule has 8 nitrogen and oxygen atoms in total. The van der Waals surface area contributed by atoms with Gasteiger partial charge in [0.25, 0.3) is 5.91 Å². The number of carbonyl (C=O) groups excluding carboxylic acids is 1. The third-order valence-corrected chi connectivity index (χ3v) is 6.03. The number of hydrogen-bond donors (Lipinski definition) is 0. The van der Waals surface area contributed by atoms with Gasteiger partial charge >= 0.3 is 0 Å². The summed E-state index contributed by atoms with van der Waals surface area (Å²) in [7, 11) is 0. The van der Waals surface area contributed by atoms with Gasteiger partial charge in [0.15, 0.2) is 5.82 Å². The Morgan fingerprint density at radius 1 is 0.914 bits per heavy atom. The van der Waals surface area contributed by atoms with Crippen molar-refractivity contribution >= 4 is 5.91 Å². The van der Waals surface area contributed by atoms with Crippen LogP contribution >= 0.6 is 0 Å². The monoisotopic (exact) mass is 466 g/mol. The van der Waals surface area contributed by atoms with Crippen molar-refractivity contribution in [3.63, 3.8) is 0 Å². The molecule has 0 saturated carbocycles. The molecule has 0 radical (unpaired) electrons. The Morgan fingerprint density at radius 3 is 2.49 bits per heavy atom. The number of hydrogen-bond acceptors (Lipinski definition) is 7. The number of likely N-dealkylation sites (tertiary alicyclic amines) is 1. The Bertz CT molecular complexity index is 1330. The van der Waals surface area contributed by atoms with Gasteiger partial charge in [-0.3, -0.25) is 9.78 Å². The van der Waals surface area contributed by atoms with Crippen LogP contribution in [0.25, 0.3) is 11.1 Å². The van der Waals surface area contributed by atoms with E-state index >= 15 is 0 Å². The molecule has 3 aromatic heterocycles. The summed E-state index contributed by atoms with van der Waals surface area (Å²) in [4.78, 5) is 37.3. The van der Waals surface area contributed by atoms with Gasteiger partial charge in [-0.05, 0) is 51.3 Å². The number of piperidine rings is 1. The quantitative estimate of drug-likeness (QED) is 0.404. The third-order valence-electron chi connectivity index (χ3n) is 6.03. The van der Waals surface area contributed by atoms with E-state index in [0.29, 0.717) is 29.6 Å². The van der Waals surface area contributed by atoms with Gasteiger partial charge in [0, 0.05) is 54.2 Å². The summed E-state index contributed by atoms with van der Waals surface area (Å²) in [6.45, 7) is 4.58. The van der Waals surface area contributed by atoms with Crippen molar-refractivity contribution in [2.24, 2.45) is 0 Å². The molecule has 1 aliphatic rings. The topological polar surface area (TPSA) is 94.0 Å². The fourth-order valence-electron chi connectivity index (χ4n) is 4.26. The van der Waals surface area contributed by atoms with Crippen LogP contribution in [-0.2, 0) is 0 Å². The molecule has 1 atom stereocenters. The number of carbonyl (C=O) groups is 1. The number of benzene rings is 1. The lowest BCUT2D eigenvalue weighted by Crippen LogP contribution is -2.39. The Hall–Kier alpha value is -4.20. The second-order valence-electron chi connectivity index (χ2n) is 8.72. The maximum absolute atomic E-state index is 13.6. The van der Waals surface area contributed by atoms with Gasteiger partial charge in [-0.15, -0.1) is 0 Å². The minimum absolute atomic E-state index is 0.0907. The summed E-state index contributed by atoms with van der Waals surface area (Å²) >= 11 is 0. The van der Waals surface area contributed by atoms with Crippen LogP contribution in [-0.4, -0.2) is 42.3 Å². The number of rotatable bonds is 5. The highest BCUT2D eigenvalue weighted by Crippen LogP contribution is 2.32. The molecule has 1 aliphatic heterocycles. The Balaban J connectivity index is 1.42. The van der Waals surface area contributed by atoms with Crippen molar-refractivity contribution in [2.45, 2.75) is 39.2 Å². The maximum Gasteiger partial charge on any atom is 0.256 e. The van der Waals surface area contributed by atoms with E-state index in [9.17, 15) is 4.79 Å². The number of aromatic nitrogens is 5. The van der Waals surface area contributed by atoms with Crippen molar-refractivity contribution in [2.75, 3.05) is 6.54 Å². The van der Waals surface area contributed by atoms with Gasteiger partial charge in [0.05, 0.1) is 11.6 Å². The zero-order valence-corrected chi connectivity index (χ0v) is 19.8. The van der Waals surface area contributed by atoms with Crippen LogP contribution in [0.5, 0.6) is 11.6 Å². The van der Waals surface area contributed by atoms with E-state index in [0.717, 1.165) is 41.6 Å². The van der Waals surface area contributed by atoms with E-state index < -0.39 is 0 Å². The van der Waals surface area contributed by atoms with Crippen molar-refractivity contribution in [3.8, 4) is 22.8 Å². The van der Waals surface area contributed by atoms with Crippen molar-refractivity contribution < 1.29 is 9.53 Å². The molecule has 1 aromatic carbocycles. The van der Waals surface area contributed by atoms with Crippen molar-refractivity contribution in [1.82, 2.24) is 29.8 Å². The smallest absolute Gasteiger partial charge is 0.256 e. The van der Waals surface area contributed by atoms with Crippen LogP contribution in [0.3, 0.4) is 0 Å². The standard InChI is InChI=1S/C27H26N6O2/c1-18-6-8-23(9-7-18)35-25-11-19(2)31-26(32-25)24-5-3-4-10-33(24)27(34)21-12-20(13-28-14-21)22-15-29-17-30-16-22/h6-9,11-17,24H,3-5,10H2,1-2H3/t24-/m1/s1. The molecule has 0 N–H and O–H groups in total. The Morgan fingerprint density at radius 2 is 1.69 bits per heavy atom. The van der Waals surface area contributed by atoms with E-state index in [2.05, 4.69) is 19.9 Å². The molecule has 4 aromatic rings. The van der Waals surface area contributed by atoms with E-state index in [1.54, 1.807) is 24.8 Å². The first-order valence-electron chi connectivity index (χ1n) is 11.7. The Kier molecular flexibility index (Phi) is 6.43. The molecule has 0 spiro atoms. The summed E-state index contributed by atoms with van der Waals surface area (Å²) in [5.74, 6) is 1.69. The zero-order valence-electron chi connectivity index (χ0n) is 19.8. The molecule has 1 saturated heterocycles. The van der Waals surface area contributed by atoms with Crippen LogP contribution in [0.2, 0.25) is 0 Å². The lowest BCUT2D eigenvalue weighted by atomic mass is 9.99. The summed E-state index contributed by atoms with van der Waals surface area (Å²) in [6, 6.07) is 11.2. The first kappa shape index (κ1) is 22.6. The third kappa shape index (κ3) is 5.16. The highest BCUT2D eigenvalue weighted by atomic mass is 16.5. The van der Waals surface area contributed by atoms with Crippen molar-refractivity contribution in [1.29, 1.82) is 0 Å². The largest absolute Gasteiger partial charge is 0.439 e. The predicted octanol–water partition coefficient (Wildman–Crippen LogP) is 5.11. The zero-order chi connectivity index (χ0) is 24.2. The average molecular weight is 467 g/mol. The number of nitrogens with zero attached hydrogens (tertiary/aromatic N) is 6. The molecule has 35 heavy (non-hydrogen) atoms. The SMILES string of the molecule is Cc1ccc(Oc2cc(C)nc([C@H]3CCCCN3C(=O)c3cncc(-c4cncnc4)c3)n2)cc1. The summed E-state index contributed by atoms with van der Waals surface area (Å²) in [6.07, 6.45) is 10.9. The second-order valence-corrected chi connectivity index (χ2v) is 8.72. The van der Waals surface area contributed by atoms with Crippen LogP contribution < -0.4 is 4.74 Å². The minimum atomic E-state index is -0.236. The van der Waals surface area contributed by atoms with E-state index in [4.69, 9.17) is 9.72 Å². The first-order valence-corrected chi connectivity index (χ1v) is 11.7. The van der Waals surface area contributed by atoms with Crippen LogP contribution in [0.4, 0.5) is 0 Å². The van der Waals surface area contributed by atoms with E-state index in [-0.39, 0.29) is 11.9 Å². The van der Waals surface area contributed by atoms with Crippen molar-refractivity contribution in [3.05, 3.63) is 90.2 Å². The van der Waals surface area contributed by atoms with Gasteiger partial charge in [-0.2, -0.15) is 4.98 Å². The fraction of sp³-hybridized carbons (Fsp3) is 0.259.